The summed E-state index contributed by atoms with van der Waals surface area (Å²) in [5, 5.41) is 0. The van der Waals surface area contributed by atoms with E-state index in [2.05, 4.69) is 71.0 Å². The van der Waals surface area contributed by atoms with E-state index in [4.69, 9.17) is 18.9 Å². The summed E-state index contributed by atoms with van der Waals surface area (Å²) in [6.07, 6.45) is 2.33. The van der Waals surface area contributed by atoms with E-state index in [1.54, 1.807) is 14.2 Å². The molecule has 0 aliphatic heterocycles. The molecule has 4 nitrogen and oxygen atoms in total. The maximum atomic E-state index is 6.10. The van der Waals surface area contributed by atoms with Gasteiger partial charge in [0.25, 0.3) is 0 Å². The molecule has 0 aromatic heterocycles. The van der Waals surface area contributed by atoms with Gasteiger partial charge in [0.2, 0.25) is 0 Å². The van der Waals surface area contributed by atoms with E-state index < -0.39 is 0 Å². The van der Waals surface area contributed by atoms with Crippen molar-refractivity contribution in [1.29, 1.82) is 0 Å². The largest absolute Gasteiger partial charge is 0.490 e. The van der Waals surface area contributed by atoms with Gasteiger partial charge >= 0.3 is 0 Å². The molecule has 172 valence electrons. The van der Waals surface area contributed by atoms with Crippen LogP contribution < -0.4 is 9.47 Å². The number of rotatable bonds is 12. The quantitative estimate of drug-likeness (QED) is 0.354. The van der Waals surface area contributed by atoms with Gasteiger partial charge in [0.1, 0.15) is 24.7 Å². The third kappa shape index (κ3) is 8.19. The molecule has 2 rings (SSSR count). The first kappa shape index (κ1) is 25.2. The number of aryl methyl sites for hydroxylation is 1. The molecule has 0 saturated carbocycles. The highest BCUT2D eigenvalue weighted by atomic mass is 16.5. The molecule has 0 radical (unpaired) electrons. The van der Waals surface area contributed by atoms with Crippen molar-refractivity contribution in [2.75, 3.05) is 27.4 Å². The van der Waals surface area contributed by atoms with Gasteiger partial charge < -0.3 is 18.9 Å². The zero-order valence-electron chi connectivity index (χ0n) is 20.4. The van der Waals surface area contributed by atoms with Crippen LogP contribution in [-0.2, 0) is 22.7 Å². The van der Waals surface area contributed by atoms with Crippen molar-refractivity contribution < 1.29 is 18.9 Å². The fourth-order valence-electron chi connectivity index (χ4n) is 4.02. The standard InChI is InChI=1S/C27H40O4/c1-8-21(17-27(3,4)5)22-9-11-25(12-10-22)30-13-14-31-26-23(18-28-6)15-20(2)16-24(26)19-29-7/h9-12,15-16,21H,8,13-14,17-19H2,1-7H3. The van der Waals surface area contributed by atoms with E-state index in [9.17, 15) is 0 Å². The summed E-state index contributed by atoms with van der Waals surface area (Å²) >= 11 is 0. The lowest BCUT2D eigenvalue weighted by atomic mass is 9.80. The molecule has 0 spiro atoms. The van der Waals surface area contributed by atoms with Crippen LogP contribution in [-0.4, -0.2) is 27.4 Å². The lowest BCUT2D eigenvalue weighted by Crippen LogP contribution is -2.13. The molecule has 0 N–H and O–H groups in total. The fraction of sp³-hybridized carbons (Fsp3) is 0.556. The first-order valence-corrected chi connectivity index (χ1v) is 11.2. The van der Waals surface area contributed by atoms with Crippen LogP contribution in [0.3, 0.4) is 0 Å². The van der Waals surface area contributed by atoms with Crippen LogP contribution in [0.15, 0.2) is 36.4 Å². The van der Waals surface area contributed by atoms with Gasteiger partial charge in [0, 0.05) is 25.3 Å². The van der Waals surface area contributed by atoms with Gasteiger partial charge in [-0.1, -0.05) is 57.5 Å². The Hall–Kier alpha value is -2.04. The zero-order valence-corrected chi connectivity index (χ0v) is 20.4. The minimum Gasteiger partial charge on any atom is -0.490 e. The van der Waals surface area contributed by atoms with Crippen LogP contribution in [0.2, 0.25) is 0 Å². The predicted molar refractivity (Wildman–Crippen MR) is 127 cm³/mol. The summed E-state index contributed by atoms with van der Waals surface area (Å²) in [4.78, 5) is 0. The maximum Gasteiger partial charge on any atom is 0.130 e. The SMILES string of the molecule is CCC(CC(C)(C)C)c1ccc(OCCOc2c(COC)cc(C)cc2COC)cc1. The Kier molecular flexibility index (Phi) is 9.86. The van der Waals surface area contributed by atoms with Crippen LogP contribution in [0, 0.1) is 12.3 Å². The molecule has 0 amide bonds. The molecule has 1 atom stereocenters. The van der Waals surface area contributed by atoms with Gasteiger partial charge in [-0.2, -0.15) is 0 Å². The van der Waals surface area contributed by atoms with E-state index in [1.807, 2.05) is 0 Å². The lowest BCUT2D eigenvalue weighted by molar-refractivity contribution is 0.164. The molecular formula is C27H40O4. The summed E-state index contributed by atoms with van der Waals surface area (Å²) in [7, 11) is 3.39. The van der Waals surface area contributed by atoms with Crippen molar-refractivity contribution >= 4 is 0 Å². The van der Waals surface area contributed by atoms with Crippen LogP contribution in [0.1, 0.15) is 68.7 Å². The van der Waals surface area contributed by atoms with Gasteiger partial charge in [0.15, 0.2) is 0 Å². The van der Waals surface area contributed by atoms with Gasteiger partial charge in [0.05, 0.1) is 13.2 Å². The second-order valence-corrected chi connectivity index (χ2v) is 9.41. The number of methoxy groups -OCH3 is 2. The minimum absolute atomic E-state index is 0.326. The average molecular weight is 429 g/mol. The van der Waals surface area contributed by atoms with E-state index in [1.165, 1.54) is 17.5 Å². The molecule has 2 aromatic rings. The molecule has 0 bridgehead atoms. The van der Waals surface area contributed by atoms with Crippen LogP contribution >= 0.6 is 0 Å². The number of benzene rings is 2. The molecule has 0 saturated heterocycles. The van der Waals surface area contributed by atoms with Gasteiger partial charge in [-0.15, -0.1) is 0 Å². The highest BCUT2D eigenvalue weighted by Gasteiger charge is 2.19. The molecule has 1 unspecified atom stereocenters. The summed E-state index contributed by atoms with van der Waals surface area (Å²) in [6, 6.07) is 12.7. The fourth-order valence-corrected chi connectivity index (χ4v) is 4.02. The highest BCUT2D eigenvalue weighted by Crippen LogP contribution is 2.34. The monoisotopic (exact) mass is 428 g/mol. The third-order valence-electron chi connectivity index (χ3n) is 5.29. The zero-order chi connectivity index (χ0) is 22.9. The number of ether oxygens (including phenoxy) is 4. The van der Waals surface area contributed by atoms with E-state index in [0.29, 0.717) is 37.8 Å². The van der Waals surface area contributed by atoms with Crippen molar-refractivity contribution in [2.45, 2.75) is 66.6 Å². The van der Waals surface area contributed by atoms with Crippen LogP contribution in [0.25, 0.3) is 0 Å². The Balaban J connectivity index is 1.96. The Bertz CT molecular complexity index is 763. The Morgan fingerprint density at radius 1 is 0.839 bits per heavy atom. The molecular weight excluding hydrogens is 388 g/mol. The topological polar surface area (TPSA) is 36.9 Å². The summed E-state index contributed by atoms with van der Waals surface area (Å²) in [5.41, 5.74) is 4.94. The normalized spacial score (nSPS) is 12.6. The second kappa shape index (κ2) is 12.1. The van der Waals surface area contributed by atoms with Crippen molar-refractivity contribution in [3.63, 3.8) is 0 Å². The Morgan fingerprint density at radius 3 is 1.87 bits per heavy atom. The molecule has 0 aliphatic rings. The average Bonchev–Trinajstić information content (AvgIpc) is 2.71. The molecule has 0 aliphatic carbocycles. The van der Waals surface area contributed by atoms with Crippen molar-refractivity contribution in [3.8, 4) is 11.5 Å². The summed E-state index contributed by atoms with van der Waals surface area (Å²) in [6.45, 7) is 13.2. The molecule has 0 fully saturated rings. The van der Waals surface area contributed by atoms with Crippen molar-refractivity contribution in [3.05, 3.63) is 58.7 Å². The van der Waals surface area contributed by atoms with Gasteiger partial charge in [-0.05, 0) is 48.8 Å². The van der Waals surface area contributed by atoms with E-state index in [0.717, 1.165) is 29.0 Å². The van der Waals surface area contributed by atoms with Crippen LogP contribution in [0.5, 0.6) is 11.5 Å². The predicted octanol–water partition coefficient (Wildman–Crippen LogP) is 6.68. The Labute approximate surface area is 188 Å². The number of hydrogen-bond acceptors (Lipinski definition) is 4. The summed E-state index contributed by atoms with van der Waals surface area (Å²) in [5.74, 6) is 2.29. The highest BCUT2D eigenvalue weighted by molar-refractivity contribution is 5.44. The van der Waals surface area contributed by atoms with Crippen molar-refractivity contribution in [2.24, 2.45) is 5.41 Å². The van der Waals surface area contributed by atoms with Gasteiger partial charge in [-0.25, -0.2) is 0 Å². The number of hydrogen-bond donors (Lipinski definition) is 0. The molecule has 0 heterocycles. The van der Waals surface area contributed by atoms with Crippen molar-refractivity contribution in [1.82, 2.24) is 0 Å². The lowest BCUT2D eigenvalue weighted by Gasteiger charge is -2.25. The third-order valence-corrected chi connectivity index (χ3v) is 5.29. The molecule has 2 aromatic carbocycles. The first-order valence-electron chi connectivity index (χ1n) is 11.2. The maximum absolute atomic E-state index is 6.10. The molecule has 31 heavy (non-hydrogen) atoms. The van der Waals surface area contributed by atoms with E-state index >= 15 is 0 Å². The smallest absolute Gasteiger partial charge is 0.130 e. The summed E-state index contributed by atoms with van der Waals surface area (Å²) < 4.78 is 22.7. The Morgan fingerprint density at radius 2 is 1.39 bits per heavy atom. The minimum atomic E-state index is 0.326. The molecule has 4 heteroatoms. The first-order chi connectivity index (χ1) is 14.8. The van der Waals surface area contributed by atoms with E-state index in [-0.39, 0.29) is 0 Å². The second-order valence-electron chi connectivity index (χ2n) is 9.41. The van der Waals surface area contributed by atoms with Gasteiger partial charge in [-0.3, -0.25) is 0 Å². The van der Waals surface area contributed by atoms with Crippen LogP contribution in [0.4, 0.5) is 0 Å².